The van der Waals surface area contributed by atoms with E-state index in [2.05, 4.69) is 15.4 Å². The van der Waals surface area contributed by atoms with E-state index in [1.54, 1.807) is 30.1 Å². The summed E-state index contributed by atoms with van der Waals surface area (Å²) in [5, 5.41) is 27.4. The van der Waals surface area contributed by atoms with Gasteiger partial charge in [-0.25, -0.2) is 5.10 Å². The van der Waals surface area contributed by atoms with Gasteiger partial charge in [0.05, 0.1) is 12.7 Å². The van der Waals surface area contributed by atoms with Crippen molar-refractivity contribution in [2.24, 2.45) is 0 Å². The number of aromatic nitrogens is 3. The summed E-state index contributed by atoms with van der Waals surface area (Å²) in [6, 6.07) is 10.3. The molecule has 10 heteroatoms. The van der Waals surface area contributed by atoms with E-state index in [4.69, 9.17) is 26.9 Å². The molecule has 0 aliphatic heterocycles. The van der Waals surface area contributed by atoms with Crippen LogP contribution in [0.5, 0.6) is 0 Å². The Bertz CT molecular complexity index is 1090. The zero-order valence-electron chi connectivity index (χ0n) is 15.9. The van der Waals surface area contributed by atoms with E-state index in [1.807, 2.05) is 19.1 Å². The number of nitrogens with one attached hydrogen (secondary N) is 3. The highest BCUT2D eigenvalue weighted by Gasteiger charge is 2.20. The first-order valence-electron chi connectivity index (χ1n) is 8.81. The summed E-state index contributed by atoms with van der Waals surface area (Å²) < 4.78 is 5.41. The van der Waals surface area contributed by atoms with Gasteiger partial charge in [-0.3, -0.25) is 15.6 Å². The Morgan fingerprint density at radius 3 is 2.76 bits per heavy atom. The van der Waals surface area contributed by atoms with Crippen LogP contribution in [0.4, 0.5) is 0 Å². The van der Waals surface area contributed by atoms with Crippen molar-refractivity contribution in [3.63, 3.8) is 0 Å². The number of guanidine groups is 1. The Kier molecular flexibility index (Phi) is 6.08. The third kappa shape index (κ3) is 4.69. The highest BCUT2D eigenvalue weighted by molar-refractivity contribution is 6.30. The fourth-order valence-electron chi connectivity index (χ4n) is 2.71. The number of halogens is 1. The molecule has 3 N–H and O–H groups in total. The van der Waals surface area contributed by atoms with Crippen LogP contribution >= 0.6 is 11.6 Å². The molecule has 0 fully saturated rings. The topological polar surface area (TPSA) is 126 Å². The van der Waals surface area contributed by atoms with Crippen molar-refractivity contribution < 1.29 is 4.52 Å². The fourth-order valence-corrected chi connectivity index (χ4v) is 2.90. The number of amidine groups is 1. The van der Waals surface area contributed by atoms with Crippen molar-refractivity contribution >= 4 is 23.4 Å². The van der Waals surface area contributed by atoms with Gasteiger partial charge in [0.2, 0.25) is 0 Å². The molecule has 0 aliphatic carbocycles. The van der Waals surface area contributed by atoms with Crippen molar-refractivity contribution in [2.45, 2.75) is 13.5 Å². The maximum atomic E-state index is 11.4. The summed E-state index contributed by atoms with van der Waals surface area (Å²) in [4.78, 5) is 14.5. The molecular formula is C19H20ClN7O2. The molecule has 0 saturated carbocycles. The Morgan fingerprint density at radius 1 is 1.28 bits per heavy atom. The minimum absolute atomic E-state index is 0.00757. The van der Waals surface area contributed by atoms with E-state index >= 15 is 0 Å². The molecule has 3 aromatic rings. The van der Waals surface area contributed by atoms with Gasteiger partial charge in [0.15, 0.2) is 11.7 Å². The molecule has 0 radical (unpaired) electrons. The molecule has 2 aromatic heterocycles. The minimum Gasteiger partial charge on any atom is -0.356 e. The van der Waals surface area contributed by atoms with Gasteiger partial charge in [-0.15, -0.1) is 0 Å². The van der Waals surface area contributed by atoms with Gasteiger partial charge < -0.3 is 14.3 Å². The minimum atomic E-state index is -0.407. The first-order chi connectivity index (χ1) is 13.9. The van der Waals surface area contributed by atoms with E-state index in [9.17, 15) is 4.79 Å². The van der Waals surface area contributed by atoms with Gasteiger partial charge in [-0.2, -0.15) is 5.10 Å². The van der Waals surface area contributed by atoms with Crippen LogP contribution in [0.2, 0.25) is 5.02 Å². The number of rotatable bonds is 5. The van der Waals surface area contributed by atoms with Gasteiger partial charge in [0, 0.05) is 41.9 Å². The number of benzene rings is 1. The van der Waals surface area contributed by atoms with Gasteiger partial charge in [0.1, 0.15) is 11.5 Å². The summed E-state index contributed by atoms with van der Waals surface area (Å²) in [7, 11) is 1.59. The highest BCUT2D eigenvalue weighted by atomic mass is 35.5. The van der Waals surface area contributed by atoms with Crippen molar-refractivity contribution in [1.82, 2.24) is 25.2 Å². The number of aromatic amines is 1. The van der Waals surface area contributed by atoms with Crippen LogP contribution in [0, 0.1) is 10.8 Å². The Morgan fingerprint density at radius 2 is 2.07 bits per heavy atom. The van der Waals surface area contributed by atoms with Crippen LogP contribution in [0.1, 0.15) is 18.2 Å². The lowest BCUT2D eigenvalue weighted by Gasteiger charge is -2.29. The van der Waals surface area contributed by atoms with Gasteiger partial charge in [0.25, 0.3) is 5.56 Å². The van der Waals surface area contributed by atoms with E-state index in [1.165, 1.54) is 17.2 Å². The lowest BCUT2D eigenvalue weighted by molar-refractivity contribution is 0.363. The van der Waals surface area contributed by atoms with E-state index in [0.29, 0.717) is 35.1 Å². The second kappa shape index (κ2) is 8.70. The smallest absolute Gasteiger partial charge is 0.264 e. The van der Waals surface area contributed by atoms with Crippen LogP contribution in [0.15, 0.2) is 51.9 Å². The maximum absolute atomic E-state index is 11.4. The van der Waals surface area contributed by atoms with Gasteiger partial charge in [-0.05, 0) is 19.1 Å². The van der Waals surface area contributed by atoms with Gasteiger partial charge >= 0.3 is 0 Å². The lowest BCUT2D eigenvalue weighted by atomic mass is 10.1. The fraction of sp³-hybridized carbons (Fsp3) is 0.211. The standard InChI is InChI=1S/C19H20ClN7O2/c1-3-27(19(22)26(2)18(21)13-8-17(28)24-23-10-13)11-15-9-16(29-25-15)12-5-4-6-14(20)7-12/h4-10,21-22H,3,11H2,1-2H3,(H,24,28). The second-order valence-electron chi connectivity index (χ2n) is 6.27. The third-order valence-corrected chi connectivity index (χ3v) is 4.53. The van der Waals surface area contributed by atoms with Crippen molar-refractivity contribution in [3.8, 4) is 11.3 Å². The largest absolute Gasteiger partial charge is 0.356 e. The summed E-state index contributed by atoms with van der Waals surface area (Å²) >= 11 is 6.02. The predicted molar refractivity (Wildman–Crippen MR) is 110 cm³/mol. The zero-order valence-corrected chi connectivity index (χ0v) is 16.7. The van der Waals surface area contributed by atoms with E-state index in [-0.39, 0.29) is 11.8 Å². The first kappa shape index (κ1) is 20.3. The normalized spacial score (nSPS) is 10.6. The molecule has 0 spiro atoms. The summed E-state index contributed by atoms with van der Waals surface area (Å²) in [5.74, 6) is 0.665. The first-order valence-corrected chi connectivity index (χ1v) is 9.19. The van der Waals surface area contributed by atoms with E-state index < -0.39 is 5.56 Å². The van der Waals surface area contributed by atoms with Crippen LogP contribution in [-0.2, 0) is 6.54 Å². The van der Waals surface area contributed by atoms with Crippen LogP contribution in [0.3, 0.4) is 0 Å². The SMILES string of the molecule is CCN(Cc1cc(-c2cccc(Cl)c2)on1)C(=N)N(C)C(=N)c1cn[nH]c(=O)c1. The molecule has 1 aromatic carbocycles. The maximum Gasteiger partial charge on any atom is 0.264 e. The molecule has 2 heterocycles. The Balaban J connectivity index is 1.73. The Hall–Kier alpha value is -3.46. The molecule has 0 amide bonds. The average molecular weight is 414 g/mol. The lowest BCUT2D eigenvalue weighted by Crippen LogP contribution is -2.44. The van der Waals surface area contributed by atoms with Crippen molar-refractivity contribution in [1.29, 1.82) is 10.8 Å². The second-order valence-corrected chi connectivity index (χ2v) is 6.71. The van der Waals surface area contributed by atoms with Crippen molar-refractivity contribution in [2.75, 3.05) is 13.6 Å². The number of hydrogen-bond donors (Lipinski definition) is 3. The molecule has 0 aliphatic rings. The molecule has 9 nitrogen and oxygen atoms in total. The van der Waals surface area contributed by atoms with E-state index in [0.717, 1.165) is 5.56 Å². The predicted octanol–water partition coefficient (Wildman–Crippen LogP) is 2.79. The Labute approximate surface area is 171 Å². The number of H-pyrrole nitrogens is 1. The summed E-state index contributed by atoms with van der Waals surface area (Å²) in [5.41, 5.74) is 1.37. The molecule has 150 valence electrons. The molecule has 0 unspecified atom stereocenters. The van der Waals surface area contributed by atoms with Crippen LogP contribution < -0.4 is 5.56 Å². The monoisotopic (exact) mass is 413 g/mol. The van der Waals surface area contributed by atoms with Crippen LogP contribution in [0.25, 0.3) is 11.3 Å². The zero-order chi connectivity index (χ0) is 21.0. The van der Waals surface area contributed by atoms with Crippen molar-refractivity contribution in [3.05, 3.63) is 69.2 Å². The molecule has 0 bridgehead atoms. The average Bonchev–Trinajstić information content (AvgIpc) is 3.19. The van der Waals surface area contributed by atoms with Gasteiger partial charge in [-0.1, -0.05) is 28.9 Å². The molecular weight excluding hydrogens is 394 g/mol. The highest BCUT2D eigenvalue weighted by Crippen LogP contribution is 2.24. The molecule has 0 saturated heterocycles. The number of hydrogen-bond acceptors (Lipinski definition) is 6. The summed E-state index contributed by atoms with van der Waals surface area (Å²) in [6.07, 6.45) is 1.37. The molecule has 0 atom stereocenters. The quantitative estimate of drug-likeness (QED) is 0.436. The molecule has 29 heavy (non-hydrogen) atoms. The third-order valence-electron chi connectivity index (χ3n) is 4.29. The summed E-state index contributed by atoms with van der Waals surface area (Å²) in [6.45, 7) is 2.74. The number of nitrogens with zero attached hydrogens (tertiary/aromatic N) is 4. The van der Waals surface area contributed by atoms with Crippen LogP contribution in [-0.4, -0.2) is 50.5 Å². The molecule has 3 rings (SSSR count).